The number of alkyl halides is 3. The third-order valence-corrected chi connectivity index (χ3v) is 3.17. The van der Waals surface area contributed by atoms with Crippen LogP contribution in [-0.4, -0.2) is 28.5 Å². The molecule has 25 heavy (non-hydrogen) atoms. The standard InChI is InChI=1S/C16H15F3N4O2/c1-23-9-11(8-21-23)2-5-15(24)22-13-3-4-14(12(6-13)7-20)25-10-16(17,18)19/h3-4,6,8-9H,2,5,10H2,1H3,(H,22,24). The number of hydrogen-bond donors (Lipinski definition) is 1. The minimum Gasteiger partial charge on any atom is -0.483 e. The number of aryl methyl sites for hydroxylation is 2. The number of anilines is 1. The molecule has 132 valence electrons. The van der Waals surface area contributed by atoms with Crippen molar-refractivity contribution >= 4 is 11.6 Å². The van der Waals surface area contributed by atoms with Gasteiger partial charge in [0.1, 0.15) is 11.8 Å². The first-order valence-electron chi connectivity index (χ1n) is 7.28. The quantitative estimate of drug-likeness (QED) is 0.867. The van der Waals surface area contributed by atoms with E-state index in [4.69, 9.17) is 5.26 Å². The first-order valence-corrected chi connectivity index (χ1v) is 7.28. The third-order valence-electron chi connectivity index (χ3n) is 3.17. The summed E-state index contributed by atoms with van der Waals surface area (Å²) in [4.78, 5) is 11.9. The number of rotatable bonds is 6. The van der Waals surface area contributed by atoms with Crippen molar-refractivity contribution in [3.8, 4) is 11.8 Å². The van der Waals surface area contributed by atoms with Crippen LogP contribution in [0.3, 0.4) is 0 Å². The van der Waals surface area contributed by atoms with Crippen LogP contribution in [-0.2, 0) is 18.3 Å². The predicted octanol–water partition coefficient (Wildman–Crippen LogP) is 2.80. The number of nitrogens with one attached hydrogen (secondary N) is 1. The highest BCUT2D eigenvalue weighted by Gasteiger charge is 2.28. The number of amides is 1. The lowest BCUT2D eigenvalue weighted by atomic mass is 10.1. The van der Waals surface area contributed by atoms with Crippen molar-refractivity contribution in [1.82, 2.24) is 9.78 Å². The summed E-state index contributed by atoms with van der Waals surface area (Å²) in [6, 6.07) is 5.63. The monoisotopic (exact) mass is 352 g/mol. The van der Waals surface area contributed by atoms with Crippen LogP contribution in [0.15, 0.2) is 30.6 Å². The van der Waals surface area contributed by atoms with Crippen molar-refractivity contribution in [2.24, 2.45) is 7.05 Å². The molecular formula is C16H15F3N4O2. The smallest absolute Gasteiger partial charge is 0.422 e. The Morgan fingerprint density at radius 2 is 2.20 bits per heavy atom. The fraction of sp³-hybridized carbons (Fsp3) is 0.312. The van der Waals surface area contributed by atoms with Crippen LogP contribution in [0, 0.1) is 11.3 Å². The highest BCUT2D eigenvalue weighted by atomic mass is 19.4. The summed E-state index contributed by atoms with van der Waals surface area (Å²) in [7, 11) is 1.77. The lowest BCUT2D eigenvalue weighted by molar-refractivity contribution is -0.153. The SMILES string of the molecule is Cn1cc(CCC(=O)Nc2ccc(OCC(F)(F)F)c(C#N)c2)cn1. The number of carbonyl (C=O) groups excluding carboxylic acids is 1. The van der Waals surface area contributed by atoms with Crippen molar-refractivity contribution < 1.29 is 22.7 Å². The highest BCUT2D eigenvalue weighted by molar-refractivity contribution is 5.91. The van der Waals surface area contributed by atoms with Gasteiger partial charge in [0.2, 0.25) is 5.91 Å². The van der Waals surface area contributed by atoms with Gasteiger partial charge in [-0.1, -0.05) is 0 Å². The number of hydrogen-bond acceptors (Lipinski definition) is 4. The van der Waals surface area contributed by atoms with E-state index in [1.165, 1.54) is 18.2 Å². The van der Waals surface area contributed by atoms with Gasteiger partial charge in [0.15, 0.2) is 6.61 Å². The fourth-order valence-electron chi connectivity index (χ4n) is 2.06. The highest BCUT2D eigenvalue weighted by Crippen LogP contribution is 2.25. The summed E-state index contributed by atoms with van der Waals surface area (Å²) in [6.07, 6.45) is -0.328. The molecule has 2 aromatic rings. The zero-order chi connectivity index (χ0) is 18.4. The molecule has 6 nitrogen and oxygen atoms in total. The number of benzene rings is 1. The van der Waals surface area contributed by atoms with E-state index in [0.29, 0.717) is 12.1 Å². The maximum absolute atomic E-state index is 12.2. The molecule has 1 N–H and O–H groups in total. The third kappa shape index (κ3) is 5.84. The first kappa shape index (κ1) is 18.3. The van der Waals surface area contributed by atoms with Crippen LogP contribution in [0.5, 0.6) is 5.75 Å². The van der Waals surface area contributed by atoms with E-state index >= 15 is 0 Å². The molecular weight excluding hydrogens is 337 g/mol. The average Bonchev–Trinajstić information content (AvgIpc) is 2.96. The number of nitrogens with zero attached hydrogens (tertiary/aromatic N) is 3. The van der Waals surface area contributed by atoms with Crippen LogP contribution in [0.25, 0.3) is 0 Å². The van der Waals surface area contributed by atoms with Crippen LogP contribution in [0.2, 0.25) is 0 Å². The van der Waals surface area contributed by atoms with E-state index in [-0.39, 0.29) is 23.6 Å². The number of halogens is 3. The van der Waals surface area contributed by atoms with Gasteiger partial charge in [-0.25, -0.2) is 0 Å². The summed E-state index contributed by atoms with van der Waals surface area (Å²) >= 11 is 0. The van der Waals surface area contributed by atoms with Gasteiger partial charge in [-0.2, -0.15) is 23.5 Å². The molecule has 1 aromatic heterocycles. The summed E-state index contributed by atoms with van der Waals surface area (Å²) in [5.41, 5.74) is 1.13. The van der Waals surface area contributed by atoms with Crippen molar-refractivity contribution in [3.63, 3.8) is 0 Å². The minimum absolute atomic E-state index is 0.0886. The Morgan fingerprint density at radius 1 is 1.44 bits per heavy atom. The van der Waals surface area contributed by atoms with E-state index < -0.39 is 12.8 Å². The van der Waals surface area contributed by atoms with Crippen molar-refractivity contribution in [2.75, 3.05) is 11.9 Å². The lowest BCUT2D eigenvalue weighted by Crippen LogP contribution is -2.19. The molecule has 0 bridgehead atoms. The topological polar surface area (TPSA) is 79.9 Å². The van der Waals surface area contributed by atoms with Gasteiger partial charge in [-0.3, -0.25) is 9.48 Å². The molecule has 1 heterocycles. The summed E-state index contributed by atoms with van der Waals surface area (Å²) in [5.74, 6) is -0.468. The van der Waals surface area contributed by atoms with Crippen LogP contribution < -0.4 is 10.1 Å². The van der Waals surface area contributed by atoms with Gasteiger partial charge in [0.05, 0.1) is 11.8 Å². The van der Waals surface area contributed by atoms with E-state index in [0.717, 1.165) is 5.56 Å². The Kier molecular flexibility index (Phi) is 5.64. The van der Waals surface area contributed by atoms with Crippen LogP contribution in [0.1, 0.15) is 17.5 Å². The molecule has 1 amide bonds. The van der Waals surface area contributed by atoms with Gasteiger partial charge in [0.25, 0.3) is 0 Å². The lowest BCUT2D eigenvalue weighted by Gasteiger charge is -2.11. The molecule has 0 spiro atoms. The fourth-order valence-corrected chi connectivity index (χ4v) is 2.06. The molecule has 9 heteroatoms. The van der Waals surface area contributed by atoms with E-state index in [2.05, 4.69) is 15.2 Å². The zero-order valence-electron chi connectivity index (χ0n) is 13.3. The van der Waals surface area contributed by atoms with Crippen LogP contribution >= 0.6 is 0 Å². The Bertz CT molecular complexity index is 793. The molecule has 0 fully saturated rings. The molecule has 2 rings (SSSR count). The minimum atomic E-state index is -4.49. The number of ether oxygens (including phenoxy) is 1. The molecule has 0 saturated carbocycles. The number of aromatic nitrogens is 2. The summed E-state index contributed by atoms with van der Waals surface area (Å²) < 4.78 is 42.8. The molecule has 0 unspecified atom stereocenters. The van der Waals surface area contributed by atoms with E-state index in [1.54, 1.807) is 30.2 Å². The van der Waals surface area contributed by atoms with E-state index in [1.807, 2.05) is 0 Å². The number of nitriles is 1. The average molecular weight is 352 g/mol. The van der Waals surface area contributed by atoms with Gasteiger partial charge >= 0.3 is 6.18 Å². The predicted molar refractivity (Wildman–Crippen MR) is 82.9 cm³/mol. The molecule has 1 aromatic carbocycles. The molecule has 0 aliphatic rings. The zero-order valence-corrected chi connectivity index (χ0v) is 13.3. The first-order chi connectivity index (χ1) is 11.8. The van der Waals surface area contributed by atoms with Gasteiger partial charge in [-0.15, -0.1) is 0 Å². The maximum atomic E-state index is 12.2. The van der Waals surface area contributed by atoms with Crippen LogP contribution in [0.4, 0.5) is 18.9 Å². The molecule has 0 radical (unpaired) electrons. The van der Waals surface area contributed by atoms with E-state index in [9.17, 15) is 18.0 Å². The van der Waals surface area contributed by atoms with Gasteiger partial charge < -0.3 is 10.1 Å². The number of carbonyl (C=O) groups is 1. The second kappa shape index (κ2) is 7.70. The molecule has 0 atom stereocenters. The normalized spacial score (nSPS) is 11.0. The summed E-state index contributed by atoms with van der Waals surface area (Å²) in [5, 5.41) is 15.6. The molecule has 0 saturated heterocycles. The van der Waals surface area contributed by atoms with Crippen molar-refractivity contribution in [1.29, 1.82) is 5.26 Å². The Hall–Kier alpha value is -3.02. The Balaban J connectivity index is 1.95. The Morgan fingerprint density at radius 3 is 2.80 bits per heavy atom. The maximum Gasteiger partial charge on any atom is 0.422 e. The molecule has 0 aliphatic carbocycles. The van der Waals surface area contributed by atoms with Crippen molar-refractivity contribution in [3.05, 3.63) is 41.7 Å². The second-order valence-corrected chi connectivity index (χ2v) is 5.30. The Labute approximate surface area is 141 Å². The van der Waals surface area contributed by atoms with Crippen molar-refractivity contribution in [2.45, 2.75) is 19.0 Å². The largest absolute Gasteiger partial charge is 0.483 e. The van der Waals surface area contributed by atoms with Gasteiger partial charge in [-0.05, 0) is 30.2 Å². The summed E-state index contributed by atoms with van der Waals surface area (Å²) in [6.45, 7) is -1.49. The second-order valence-electron chi connectivity index (χ2n) is 5.30. The molecule has 0 aliphatic heterocycles. The van der Waals surface area contributed by atoms with Gasteiger partial charge in [0, 0.05) is 25.4 Å².